The summed E-state index contributed by atoms with van der Waals surface area (Å²) < 4.78 is 0. The minimum atomic E-state index is -0.0255. The van der Waals surface area contributed by atoms with Gasteiger partial charge in [0.15, 0.2) is 0 Å². The Labute approximate surface area is 92.0 Å². The molecule has 0 spiro atoms. The molecule has 0 saturated heterocycles. The standard InChI is InChI=1S/C9H8Cl3N/c10-5-3-4-13-7-2-1-6(11)9(12)8(5)7/h1-2,5,13H,3-4H2. The number of halogens is 3. The summed E-state index contributed by atoms with van der Waals surface area (Å²) in [4.78, 5) is 0. The van der Waals surface area contributed by atoms with Gasteiger partial charge < -0.3 is 5.32 Å². The SMILES string of the molecule is Clc1ccc2c(c1Cl)C(Cl)CCN2. The second kappa shape index (κ2) is 3.56. The smallest absolute Gasteiger partial charge is 0.0659 e. The quantitative estimate of drug-likeness (QED) is 0.669. The molecule has 0 fully saturated rings. The van der Waals surface area contributed by atoms with Crippen molar-refractivity contribution in [3.8, 4) is 0 Å². The molecule has 4 heteroatoms. The fraction of sp³-hybridized carbons (Fsp3) is 0.333. The number of benzene rings is 1. The van der Waals surface area contributed by atoms with Crippen LogP contribution >= 0.6 is 34.8 Å². The second-order valence-corrected chi connectivity index (χ2v) is 4.32. The zero-order valence-electron chi connectivity index (χ0n) is 6.78. The van der Waals surface area contributed by atoms with E-state index in [9.17, 15) is 0 Å². The number of alkyl halides is 1. The number of hydrogen-bond donors (Lipinski definition) is 1. The first-order valence-electron chi connectivity index (χ1n) is 4.06. The maximum atomic E-state index is 6.14. The Balaban J connectivity index is 2.58. The van der Waals surface area contributed by atoms with Gasteiger partial charge in [0.2, 0.25) is 0 Å². The first kappa shape index (κ1) is 9.45. The van der Waals surface area contributed by atoms with Gasteiger partial charge in [-0.15, -0.1) is 11.6 Å². The number of anilines is 1. The summed E-state index contributed by atoms with van der Waals surface area (Å²) in [6, 6.07) is 3.70. The Morgan fingerprint density at radius 1 is 1.31 bits per heavy atom. The lowest BCUT2D eigenvalue weighted by Gasteiger charge is -2.23. The van der Waals surface area contributed by atoms with E-state index >= 15 is 0 Å². The molecular formula is C9H8Cl3N. The maximum Gasteiger partial charge on any atom is 0.0659 e. The summed E-state index contributed by atoms with van der Waals surface area (Å²) in [5, 5.41) is 4.35. The van der Waals surface area contributed by atoms with Crippen molar-refractivity contribution in [3.05, 3.63) is 27.7 Å². The molecule has 1 aliphatic heterocycles. The van der Waals surface area contributed by atoms with Crippen LogP contribution in [0.5, 0.6) is 0 Å². The summed E-state index contributed by atoms with van der Waals surface area (Å²) in [5.74, 6) is 0. The van der Waals surface area contributed by atoms with Gasteiger partial charge in [0.25, 0.3) is 0 Å². The predicted molar refractivity (Wildman–Crippen MR) is 58.2 cm³/mol. The van der Waals surface area contributed by atoms with E-state index in [0.717, 1.165) is 24.2 Å². The topological polar surface area (TPSA) is 12.0 Å². The second-order valence-electron chi connectivity index (χ2n) is 3.01. The van der Waals surface area contributed by atoms with Crippen LogP contribution in [0, 0.1) is 0 Å². The zero-order valence-corrected chi connectivity index (χ0v) is 9.05. The molecule has 1 heterocycles. The van der Waals surface area contributed by atoms with E-state index < -0.39 is 0 Å². The van der Waals surface area contributed by atoms with Crippen molar-refractivity contribution in [2.75, 3.05) is 11.9 Å². The van der Waals surface area contributed by atoms with Gasteiger partial charge in [0.1, 0.15) is 0 Å². The van der Waals surface area contributed by atoms with Crippen molar-refractivity contribution in [2.45, 2.75) is 11.8 Å². The van der Waals surface area contributed by atoms with Crippen molar-refractivity contribution >= 4 is 40.5 Å². The van der Waals surface area contributed by atoms with Crippen LogP contribution in [0.1, 0.15) is 17.4 Å². The van der Waals surface area contributed by atoms with E-state index in [1.807, 2.05) is 6.07 Å². The van der Waals surface area contributed by atoms with Crippen LogP contribution in [-0.4, -0.2) is 6.54 Å². The first-order chi connectivity index (χ1) is 6.20. The van der Waals surface area contributed by atoms with Gasteiger partial charge in [0, 0.05) is 17.8 Å². The van der Waals surface area contributed by atoms with Crippen LogP contribution < -0.4 is 5.32 Å². The maximum absolute atomic E-state index is 6.14. The molecule has 0 radical (unpaired) electrons. The predicted octanol–water partition coefficient (Wildman–Crippen LogP) is 4.09. The molecule has 0 saturated carbocycles. The summed E-state index contributed by atoms with van der Waals surface area (Å²) in [6.45, 7) is 0.888. The molecule has 70 valence electrons. The number of rotatable bonds is 0. The van der Waals surface area contributed by atoms with Gasteiger partial charge in [-0.2, -0.15) is 0 Å². The molecule has 0 bridgehead atoms. The minimum absolute atomic E-state index is 0.0255. The number of nitrogens with one attached hydrogen (secondary N) is 1. The van der Waals surface area contributed by atoms with Crippen LogP contribution in [0.15, 0.2) is 12.1 Å². The average Bonchev–Trinajstić information content (AvgIpc) is 2.12. The zero-order chi connectivity index (χ0) is 9.42. The molecule has 1 aromatic carbocycles. The van der Waals surface area contributed by atoms with E-state index in [4.69, 9.17) is 34.8 Å². The summed E-state index contributed by atoms with van der Waals surface area (Å²) >= 11 is 18.1. The molecule has 2 rings (SSSR count). The van der Waals surface area contributed by atoms with Crippen LogP contribution in [-0.2, 0) is 0 Å². The molecule has 1 nitrogen and oxygen atoms in total. The van der Waals surface area contributed by atoms with E-state index in [2.05, 4.69) is 5.32 Å². The normalized spacial score (nSPS) is 20.7. The third-order valence-corrected chi connectivity index (χ3v) is 3.41. The largest absolute Gasteiger partial charge is 0.385 e. The lowest BCUT2D eigenvalue weighted by Crippen LogP contribution is -2.14. The fourth-order valence-corrected chi connectivity index (χ4v) is 2.36. The number of hydrogen-bond acceptors (Lipinski definition) is 1. The van der Waals surface area contributed by atoms with Gasteiger partial charge in [-0.1, -0.05) is 23.2 Å². The highest BCUT2D eigenvalue weighted by Gasteiger charge is 2.21. The van der Waals surface area contributed by atoms with Crippen molar-refractivity contribution in [3.63, 3.8) is 0 Å². The van der Waals surface area contributed by atoms with E-state index in [1.165, 1.54) is 0 Å². The lowest BCUT2D eigenvalue weighted by atomic mass is 10.0. The lowest BCUT2D eigenvalue weighted by molar-refractivity contribution is 0.802. The van der Waals surface area contributed by atoms with Crippen molar-refractivity contribution in [1.29, 1.82) is 0 Å². The average molecular weight is 237 g/mol. The van der Waals surface area contributed by atoms with Crippen molar-refractivity contribution < 1.29 is 0 Å². The highest BCUT2D eigenvalue weighted by atomic mass is 35.5. The van der Waals surface area contributed by atoms with Crippen LogP contribution in [0.4, 0.5) is 5.69 Å². The molecule has 13 heavy (non-hydrogen) atoms. The Morgan fingerprint density at radius 2 is 2.08 bits per heavy atom. The van der Waals surface area contributed by atoms with Crippen LogP contribution in [0.25, 0.3) is 0 Å². The van der Waals surface area contributed by atoms with E-state index in [1.54, 1.807) is 6.07 Å². The summed E-state index contributed by atoms with van der Waals surface area (Å²) in [5.41, 5.74) is 1.93. The molecule has 1 aromatic rings. The van der Waals surface area contributed by atoms with Crippen LogP contribution in [0.3, 0.4) is 0 Å². The summed E-state index contributed by atoms with van der Waals surface area (Å²) in [6.07, 6.45) is 0.884. The van der Waals surface area contributed by atoms with Gasteiger partial charge in [-0.25, -0.2) is 0 Å². The van der Waals surface area contributed by atoms with Gasteiger partial charge in [0.05, 0.1) is 15.4 Å². The van der Waals surface area contributed by atoms with Gasteiger partial charge in [-0.3, -0.25) is 0 Å². The Bertz CT molecular complexity index is 338. The molecular weight excluding hydrogens is 228 g/mol. The molecule has 1 N–H and O–H groups in total. The highest BCUT2D eigenvalue weighted by Crippen LogP contribution is 2.42. The molecule has 1 unspecified atom stereocenters. The minimum Gasteiger partial charge on any atom is -0.385 e. The summed E-state index contributed by atoms with van der Waals surface area (Å²) in [7, 11) is 0. The van der Waals surface area contributed by atoms with Crippen molar-refractivity contribution in [1.82, 2.24) is 0 Å². The molecule has 0 amide bonds. The number of fused-ring (bicyclic) bond motifs is 1. The van der Waals surface area contributed by atoms with Gasteiger partial charge >= 0.3 is 0 Å². The van der Waals surface area contributed by atoms with Crippen LogP contribution in [0.2, 0.25) is 10.0 Å². The monoisotopic (exact) mass is 235 g/mol. The third-order valence-electron chi connectivity index (χ3n) is 2.16. The molecule has 1 aliphatic rings. The van der Waals surface area contributed by atoms with E-state index in [0.29, 0.717) is 10.0 Å². The first-order valence-corrected chi connectivity index (χ1v) is 5.25. The third kappa shape index (κ3) is 1.61. The Hall–Kier alpha value is -0.110. The fourth-order valence-electron chi connectivity index (χ4n) is 1.50. The highest BCUT2D eigenvalue weighted by molar-refractivity contribution is 6.43. The molecule has 0 aromatic heterocycles. The van der Waals surface area contributed by atoms with Gasteiger partial charge in [-0.05, 0) is 18.6 Å². The molecule has 0 aliphatic carbocycles. The van der Waals surface area contributed by atoms with Crippen molar-refractivity contribution in [2.24, 2.45) is 0 Å². The molecule has 1 atom stereocenters. The Kier molecular flexibility index (Phi) is 2.59. The van der Waals surface area contributed by atoms with E-state index in [-0.39, 0.29) is 5.38 Å². The Morgan fingerprint density at radius 3 is 2.85 bits per heavy atom.